The van der Waals surface area contributed by atoms with Crippen LogP contribution < -0.4 is 10.9 Å². The number of fused-ring (bicyclic) bond motifs is 1. The number of allylic oxidation sites excluding steroid dienone is 1. The van der Waals surface area contributed by atoms with Crippen molar-refractivity contribution in [2.24, 2.45) is 0 Å². The molecule has 1 N–H and O–H groups in total. The van der Waals surface area contributed by atoms with E-state index in [0.717, 1.165) is 11.3 Å². The third-order valence-corrected chi connectivity index (χ3v) is 6.03. The standard InChI is InChI=1S/C18H17ClN4O2S2/c1-3-7-23-17(25)13-8-12(4-2)27-16(13)22-18(23)26-10-15(24)21-14-6-5-11(19)9-20-14/h3,5-6,8-9H,1,4,7,10H2,2H3,(H,20,21,24). The van der Waals surface area contributed by atoms with Crippen LogP contribution in [0.15, 0.2) is 47.0 Å². The molecule has 3 heterocycles. The Morgan fingerprint density at radius 1 is 1.48 bits per heavy atom. The van der Waals surface area contributed by atoms with Crippen LogP contribution in [0, 0.1) is 0 Å². The van der Waals surface area contributed by atoms with Gasteiger partial charge in [-0.25, -0.2) is 9.97 Å². The van der Waals surface area contributed by atoms with Crippen molar-refractivity contribution < 1.29 is 4.79 Å². The number of hydrogen-bond acceptors (Lipinski definition) is 6. The number of anilines is 1. The molecule has 0 aliphatic rings. The van der Waals surface area contributed by atoms with Crippen LogP contribution >= 0.6 is 34.7 Å². The molecule has 0 radical (unpaired) electrons. The monoisotopic (exact) mass is 420 g/mol. The number of amides is 1. The minimum Gasteiger partial charge on any atom is -0.310 e. The summed E-state index contributed by atoms with van der Waals surface area (Å²) in [7, 11) is 0. The lowest BCUT2D eigenvalue weighted by Gasteiger charge is -2.10. The molecule has 0 fully saturated rings. The highest BCUT2D eigenvalue weighted by Crippen LogP contribution is 2.25. The minimum atomic E-state index is -0.241. The first kappa shape index (κ1) is 19.6. The fourth-order valence-corrected chi connectivity index (χ4v) is 4.31. The molecule has 27 heavy (non-hydrogen) atoms. The Morgan fingerprint density at radius 2 is 2.30 bits per heavy atom. The molecule has 0 aromatic carbocycles. The molecule has 140 valence electrons. The van der Waals surface area contributed by atoms with Crippen LogP contribution in [0.2, 0.25) is 5.02 Å². The van der Waals surface area contributed by atoms with E-state index in [9.17, 15) is 9.59 Å². The molecule has 0 spiro atoms. The summed E-state index contributed by atoms with van der Waals surface area (Å²) in [6.07, 6.45) is 3.95. The fourth-order valence-electron chi connectivity index (χ4n) is 2.38. The summed E-state index contributed by atoms with van der Waals surface area (Å²) >= 11 is 8.50. The van der Waals surface area contributed by atoms with Gasteiger partial charge in [0.1, 0.15) is 10.6 Å². The number of carbonyl (C=O) groups is 1. The largest absolute Gasteiger partial charge is 0.310 e. The van der Waals surface area contributed by atoms with E-state index >= 15 is 0 Å². The number of aryl methyl sites for hydroxylation is 1. The molecule has 3 aromatic rings. The summed E-state index contributed by atoms with van der Waals surface area (Å²) in [5.74, 6) is 0.281. The summed E-state index contributed by atoms with van der Waals surface area (Å²) in [4.78, 5) is 35.4. The molecule has 0 saturated heterocycles. The van der Waals surface area contributed by atoms with E-state index in [1.807, 2.05) is 13.0 Å². The van der Waals surface area contributed by atoms with E-state index in [2.05, 4.69) is 21.9 Å². The molecule has 9 heteroatoms. The average molecular weight is 421 g/mol. The van der Waals surface area contributed by atoms with Gasteiger partial charge in [0, 0.05) is 17.6 Å². The molecule has 3 rings (SSSR count). The Bertz CT molecular complexity index is 1040. The number of aromatic nitrogens is 3. The highest BCUT2D eigenvalue weighted by Gasteiger charge is 2.15. The van der Waals surface area contributed by atoms with Crippen LogP contribution in [0.3, 0.4) is 0 Å². The van der Waals surface area contributed by atoms with Gasteiger partial charge in [-0.1, -0.05) is 36.4 Å². The molecule has 0 saturated carbocycles. The molecular weight excluding hydrogens is 404 g/mol. The molecule has 0 aliphatic heterocycles. The summed E-state index contributed by atoms with van der Waals surface area (Å²) in [5.41, 5.74) is -0.113. The third-order valence-electron chi connectivity index (χ3n) is 3.65. The van der Waals surface area contributed by atoms with Crippen molar-refractivity contribution in [3.8, 4) is 0 Å². The van der Waals surface area contributed by atoms with Gasteiger partial charge in [-0.2, -0.15) is 0 Å². The van der Waals surface area contributed by atoms with Crippen molar-refractivity contribution in [2.45, 2.75) is 25.0 Å². The Hall–Kier alpha value is -2.16. The normalized spacial score (nSPS) is 10.9. The van der Waals surface area contributed by atoms with Crippen LogP contribution in [0.4, 0.5) is 5.82 Å². The first-order valence-electron chi connectivity index (χ1n) is 8.20. The molecule has 0 aliphatic carbocycles. The second kappa shape index (κ2) is 8.69. The number of halogens is 1. The Labute approximate surface area is 169 Å². The van der Waals surface area contributed by atoms with Crippen molar-refractivity contribution in [3.05, 3.63) is 57.3 Å². The summed E-state index contributed by atoms with van der Waals surface area (Å²) < 4.78 is 1.54. The third kappa shape index (κ3) is 4.58. The summed E-state index contributed by atoms with van der Waals surface area (Å²) in [5, 5.41) is 4.30. The zero-order valence-electron chi connectivity index (χ0n) is 14.6. The van der Waals surface area contributed by atoms with E-state index < -0.39 is 0 Å². The molecule has 1 amide bonds. The first-order chi connectivity index (χ1) is 13.0. The van der Waals surface area contributed by atoms with Crippen molar-refractivity contribution in [1.82, 2.24) is 14.5 Å². The van der Waals surface area contributed by atoms with Crippen LogP contribution in [-0.4, -0.2) is 26.2 Å². The Balaban J connectivity index is 1.81. The number of thiophene rings is 1. The van der Waals surface area contributed by atoms with E-state index in [4.69, 9.17) is 11.6 Å². The van der Waals surface area contributed by atoms with Crippen molar-refractivity contribution in [1.29, 1.82) is 0 Å². The minimum absolute atomic E-state index is 0.103. The molecular formula is C18H17ClN4O2S2. The number of carbonyl (C=O) groups excluding carboxylic acids is 1. The average Bonchev–Trinajstić information content (AvgIpc) is 3.08. The fraction of sp³-hybridized carbons (Fsp3) is 0.222. The van der Waals surface area contributed by atoms with Crippen LogP contribution in [0.25, 0.3) is 10.2 Å². The van der Waals surface area contributed by atoms with E-state index in [1.54, 1.807) is 22.8 Å². The second-order valence-corrected chi connectivity index (χ2v) is 8.08. The van der Waals surface area contributed by atoms with Crippen LogP contribution in [0.5, 0.6) is 0 Å². The zero-order valence-corrected chi connectivity index (χ0v) is 17.0. The number of nitrogens with zero attached hydrogens (tertiary/aromatic N) is 3. The van der Waals surface area contributed by atoms with Gasteiger partial charge in [0.15, 0.2) is 5.16 Å². The Morgan fingerprint density at radius 3 is 2.96 bits per heavy atom. The van der Waals surface area contributed by atoms with Gasteiger partial charge in [-0.05, 0) is 24.6 Å². The maximum absolute atomic E-state index is 12.8. The molecule has 6 nitrogen and oxygen atoms in total. The lowest BCUT2D eigenvalue weighted by molar-refractivity contribution is -0.113. The van der Waals surface area contributed by atoms with Gasteiger partial charge >= 0.3 is 0 Å². The molecule has 0 unspecified atom stereocenters. The lowest BCUT2D eigenvalue weighted by Crippen LogP contribution is -2.23. The topological polar surface area (TPSA) is 76.9 Å². The smallest absolute Gasteiger partial charge is 0.263 e. The second-order valence-electron chi connectivity index (χ2n) is 5.58. The molecule has 0 bridgehead atoms. The van der Waals surface area contributed by atoms with E-state index in [-0.39, 0.29) is 17.2 Å². The first-order valence-corrected chi connectivity index (χ1v) is 10.4. The highest BCUT2D eigenvalue weighted by atomic mass is 35.5. The van der Waals surface area contributed by atoms with Gasteiger partial charge < -0.3 is 5.32 Å². The predicted octanol–water partition coefficient (Wildman–Crippen LogP) is 3.99. The van der Waals surface area contributed by atoms with Crippen LogP contribution in [-0.2, 0) is 17.8 Å². The highest BCUT2D eigenvalue weighted by molar-refractivity contribution is 7.99. The SMILES string of the molecule is C=CCn1c(SCC(=O)Nc2ccc(Cl)cn2)nc2sc(CC)cc2c1=O. The van der Waals surface area contributed by atoms with Gasteiger partial charge in [0.25, 0.3) is 5.56 Å². The summed E-state index contributed by atoms with van der Waals surface area (Å²) in [6, 6.07) is 5.17. The number of thioether (sulfide) groups is 1. The number of hydrogen-bond donors (Lipinski definition) is 1. The number of nitrogens with one attached hydrogen (secondary N) is 1. The predicted molar refractivity (Wildman–Crippen MR) is 112 cm³/mol. The quantitative estimate of drug-likeness (QED) is 0.355. The Kier molecular flexibility index (Phi) is 6.30. The number of rotatable bonds is 7. The van der Waals surface area contributed by atoms with Crippen molar-refractivity contribution in [2.75, 3.05) is 11.1 Å². The maximum atomic E-state index is 12.8. The van der Waals surface area contributed by atoms with Crippen LogP contribution in [0.1, 0.15) is 11.8 Å². The van der Waals surface area contributed by atoms with E-state index in [1.165, 1.54) is 29.3 Å². The van der Waals surface area contributed by atoms with Gasteiger partial charge in [0.05, 0.1) is 16.2 Å². The van der Waals surface area contributed by atoms with Crippen molar-refractivity contribution >= 4 is 56.6 Å². The number of pyridine rings is 1. The molecule has 0 atom stereocenters. The zero-order chi connectivity index (χ0) is 19.4. The summed E-state index contributed by atoms with van der Waals surface area (Å²) in [6.45, 7) is 6.08. The molecule has 3 aromatic heterocycles. The van der Waals surface area contributed by atoms with Gasteiger partial charge in [-0.15, -0.1) is 17.9 Å². The van der Waals surface area contributed by atoms with E-state index in [0.29, 0.717) is 32.8 Å². The van der Waals surface area contributed by atoms with Gasteiger partial charge in [-0.3, -0.25) is 14.2 Å². The maximum Gasteiger partial charge on any atom is 0.263 e. The van der Waals surface area contributed by atoms with Gasteiger partial charge in [0.2, 0.25) is 5.91 Å². The lowest BCUT2D eigenvalue weighted by atomic mass is 10.3. The van der Waals surface area contributed by atoms with Crippen molar-refractivity contribution in [3.63, 3.8) is 0 Å².